The van der Waals surface area contributed by atoms with Gasteiger partial charge in [-0.3, -0.25) is 9.59 Å². The second-order valence-corrected chi connectivity index (χ2v) is 7.44. The number of carbonyl (C=O) groups is 2. The Morgan fingerprint density at radius 3 is 2.50 bits per heavy atom. The number of carbonyl (C=O) groups excluding carboxylic acids is 2. The van der Waals surface area contributed by atoms with Crippen LogP contribution in [0.25, 0.3) is 0 Å². The van der Waals surface area contributed by atoms with E-state index in [0.717, 1.165) is 11.1 Å². The second-order valence-electron chi connectivity index (χ2n) is 7.03. The van der Waals surface area contributed by atoms with Gasteiger partial charge in [0.2, 0.25) is 0 Å². The Hall–Kier alpha value is -3.71. The standard InChI is InChI=1S/C24H21ClFN3O3/c1-15-6-11-22(16(2)12-15)28-23(30)24(31)29-27-13-17-7-9-18(10-8-17)32-14-19-20(25)4-3-5-21(19)26/h3-13H,14H2,1-2H3,(H,28,30)(H,29,31)/b27-13+. The van der Waals surface area contributed by atoms with E-state index in [2.05, 4.69) is 15.8 Å². The van der Waals surface area contributed by atoms with Gasteiger partial charge in [-0.15, -0.1) is 0 Å². The first-order valence-corrected chi connectivity index (χ1v) is 10.1. The summed E-state index contributed by atoms with van der Waals surface area (Å²) in [7, 11) is 0. The zero-order chi connectivity index (χ0) is 23.1. The van der Waals surface area contributed by atoms with Gasteiger partial charge < -0.3 is 10.1 Å². The highest BCUT2D eigenvalue weighted by molar-refractivity contribution is 6.39. The van der Waals surface area contributed by atoms with Gasteiger partial charge in [0.15, 0.2) is 0 Å². The highest BCUT2D eigenvalue weighted by Gasteiger charge is 2.14. The molecule has 3 rings (SSSR count). The number of anilines is 1. The Bertz CT molecular complexity index is 1140. The summed E-state index contributed by atoms with van der Waals surface area (Å²) in [6.07, 6.45) is 1.39. The topological polar surface area (TPSA) is 79.8 Å². The summed E-state index contributed by atoms with van der Waals surface area (Å²) in [6, 6.07) is 16.7. The van der Waals surface area contributed by atoms with Crippen LogP contribution in [0, 0.1) is 19.7 Å². The molecule has 0 radical (unpaired) electrons. The first-order chi connectivity index (χ1) is 15.3. The predicted octanol–water partition coefficient (Wildman–Crippen LogP) is 4.76. The lowest BCUT2D eigenvalue weighted by atomic mass is 10.1. The van der Waals surface area contributed by atoms with E-state index in [1.165, 1.54) is 18.3 Å². The fraction of sp³-hybridized carbons (Fsp3) is 0.125. The van der Waals surface area contributed by atoms with Crippen LogP contribution in [0.4, 0.5) is 10.1 Å². The molecule has 6 nitrogen and oxygen atoms in total. The van der Waals surface area contributed by atoms with E-state index in [4.69, 9.17) is 16.3 Å². The van der Waals surface area contributed by atoms with Gasteiger partial charge in [0.05, 0.1) is 11.2 Å². The number of hydrazone groups is 1. The molecule has 0 aliphatic rings. The molecule has 0 atom stereocenters. The number of aryl methyl sites for hydroxylation is 2. The second kappa shape index (κ2) is 10.5. The summed E-state index contributed by atoms with van der Waals surface area (Å²) in [4.78, 5) is 24.0. The zero-order valence-electron chi connectivity index (χ0n) is 17.5. The van der Waals surface area contributed by atoms with Crippen LogP contribution in [0.1, 0.15) is 22.3 Å². The van der Waals surface area contributed by atoms with Crippen LogP contribution >= 0.6 is 11.6 Å². The lowest BCUT2D eigenvalue weighted by molar-refractivity contribution is -0.136. The maximum absolute atomic E-state index is 13.8. The fourth-order valence-electron chi connectivity index (χ4n) is 2.82. The lowest BCUT2D eigenvalue weighted by Gasteiger charge is -2.09. The van der Waals surface area contributed by atoms with Crippen LogP contribution in [0.2, 0.25) is 5.02 Å². The molecule has 0 spiro atoms. The minimum atomic E-state index is -0.886. The van der Waals surface area contributed by atoms with E-state index in [0.29, 0.717) is 22.0 Å². The molecule has 3 aromatic carbocycles. The highest BCUT2D eigenvalue weighted by Crippen LogP contribution is 2.21. The number of hydrogen-bond acceptors (Lipinski definition) is 4. The van der Waals surface area contributed by atoms with E-state index in [1.807, 2.05) is 26.0 Å². The molecule has 0 saturated carbocycles. The number of ether oxygens (including phenoxy) is 1. The van der Waals surface area contributed by atoms with E-state index in [9.17, 15) is 14.0 Å². The maximum Gasteiger partial charge on any atom is 0.329 e. The first-order valence-electron chi connectivity index (χ1n) is 9.71. The highest BCUT2D eigenvalue weighted by atomic mass is 35.5. The van der Waals surface area contributed by atoms with Crippen molar-refractivity contribution in [2.75, 3.05) is 5.32 Å². The molecule has 0 aromatic heterocycles. The Kier molecular flexibility index (Phi) is 7.57. The fourth-order valence-corrected chi connectivity index (χ4v) is 3.04. The predicted molar refractivity (Wildman–Crippen MR) is 122 cm³/mol. The quantitative estimate of drug-likeness (QED) is 0.321. The van der Waals surface area contributed by atoms with Crippen LogP contribution in [0.5, 0.6) is 5.75 Å². The van der Waals surface area contributed by atoms with Crippen LogP contribution in [-0.2, 0) is 16.2 Å². The number of hydrogen-bond donors (Lipinski definition) is 2. The number of amides is 2. The van der Waals surface area contributed by atoms with Gasteiger partial charge in [-0.25, -0.2) is 9.82 Å². The third-order valence-electron chi connectivity index (χ3n) is 4.54. The number of halogens is 2. The van der Waals surface area contributed by atoms with E-state index < -0.39 is 17.6 Å². The minimum Gasteiger partial charge on any atom is -0.489 e. The van der Waals surface area contributed by atoms with Crippen molar-refractivity contribution in [1.29, 1.82) is 0 Å². The molecular weight excluding hydrogens is 433 g/mol. The molecule has 0 saturated heterocycles. The molecule has 0 aliphatic heterocycles. The third-order valence-corrected chi connectivity index (χ3v) is 4.90. The van der Waals surface area contributed by atoms with Gasteiger partial charge in [-0.1, -0.05) is 35.4 Å². The van der Waals surface area contributed by atoms with Crippen molar-refractivity contribution < 1.29 is 18.7 Å². The first kappa shape index (κ1) is 23.0. The van der Waals surface area contributed by atoms with Gasteiger partial charge in [-0.2, -0.15) is 5.10 Å². The third kappa shape index (κ3) is 6.15. The maximum atomic E-state index is 13.8. The summed E-state index contributed by atoms with van der Waals surface area (Å²) in [5.41, 5.74) is 5.60. The Morgan fingerprint density at radius 2 is 1.81 bits per heavy atom. The average molecular weight is 454 g/mol. The smallest absolute Gasteiger partial charge is 0.329 e. The monoisotopic (exact) mass is 453 g/mol. The molecule has 3 aromatic rings. The van der Waals surface area contributed by atoms with Gasteiger partial charge in [0.25, 0.3) is 0 Å². The van der Waals surface area contributed by atoms with Crippen LogP contribution in [0.3, 0.4) is 0 Å². The largest absolute Gasteiger partial charge is 0.489 e. The van der Waals surface area contributed by atoms with Gasteiger partial charge in [0.1, 0.15) is 18.2 Å². The molecule has 164 valence electrons. The molecule has 0 fully saturated rings. The number of benzene rings is 3. The molecule has 2 N–H and O–H groups in total. The van der Waals surface area contributed by atoms with E-state index in [1.54, 1.807) is 36.4 Å². The SMILES string of the molecule is Cc1ccc(NC(=O)C(=O)N/N=C/c2ccc(OCc3c(F)cccc3Cl)cc2)c(C)c1. The molecule has 0 unspecified atom stereocenters. The number of rotatable bonds is 6. The summed E-state index contributed by atoms with van der Waals surface area (Å²) >= 11 is 5.98. The zero-order valence-corrected chi connectivity index (χ0v) is 18.2. The number of nitrogens with zero attached hydrogens (tertiary/aromatic N) is 1. The van der Waals surface area contributed by atoms with Gasteiger partial charge in [0, 0.05) is 11.3 Å². The van der Waals surface area contributed by atoms with Crippen molar-refractivity contribution >= 4 is 35.3 Å². The van der Waals surface area contributed by atoms with Crippen molar-refractivity contribution in [3.8, 4) is 5.75 Å². The summed E-state index contributed by atoms with van der Waals surface area (Å²) in [5.74, 6) is -1.62. The van der Waals surface area contributed by atoms with Gasteiger partial charge in [-0.05, 0) is 67.4 Å². The molecule has 8 heteroatoms. The van der Waals surface area contributed by atoms with Crippen molar-refractivity contribution in [2.45, 2.75) is 20.5 Å². The Labute approximate surface area is 190 Å². The van der Waals surface area contributed by atoms with Crippen molar-refractivity contribution in [2.24, 2.45) is 5.10 Å². The minimum absolute atomic E-state index is 0.00936. The van der Waals surface area contributed by atoms with Crippen LogP contribution in [-0.4, -0.2) is 18.0 Å². The van der Waals surface area contributed by atoms with Crippen molar-refractivity contribution in [1.82, 2.24) is 5.43 Å². The van der Waals surface area contributed by atoms with Crippen molar-refractivity contribution in [3.05, 3.63) is 93.8 Å². The average Bonchev–Trinajstić information content (AvgIpc) is 2.76. The Morgan fingerprint density at radius 1 is 1.06 bits per heavy atom. The molecular formula is C24H21ClFN3O3. The van der Waals surface area contributed by atoms with Crippen molar-refractivity contribution in [3.63, 3.8) is 0 Å². The molecule has 2 amide bonds. The normalized spacial score (nSPS) is 10.8. The molecule has 0 aliphatic carbocycles. The lowest BCUT2D eigenvalue weighted by Crippen LogP contribution is -2.32. The molecule has 0 heterocycles. The van der Waals surface area contributed by atoms with Crippen LogP contribution < -0.4 is 15.5 Å². The number of nitrogens with one attached hydrogen (secondary N) is 2. The summed E-state index contributed by atoms with van der Waals surface area (Å²) in [6.45, 7) is 3.78. The van der Waals surface area contributed by atoms with E-state index >= 15 is 0 Å². The van der Waals surface area contributed by atoms with Crippen LogP contribution in [0.15, 0.2) is 65.8 Å². The summed E-state index contributed by atoms with van der Waals surface area (Å²) in [5, 5.41) is 6.64. The Balaban J connectivity index is 1.51. The molecule has 0 bridgehead atoms. The van der Waals surface area contributed by atoms with E-state index in [-0.39, 0.29) is 12.2 Å². The summed E-state index contributed by atoms with van der Waals surface area (Å²) < 4.78 is 19.4. The molecule has 32 heavy (non-hydrogen) atoms. The van der Waals surface area contributed by atoms with Gasteiger partial charge >= 0.3 is 11.8 Å².